The van der Waals surface area contributed by atoms with Crippen LogP contribution in [0.1, 0.15) is 58.3 Å². The zero-order valence-electron chi connectivity index (χ0n) is 13.5. The smallest absolute Gasteiger partial charge is 0.155 e. The third kappa shape index (κ3) is 2.02. The van der Waals surface area contributed by atoms with Gasteiger partial charge in [0.05, 0.1) is 0 Å². The van der Waals surface area contributed by atoms with E-state index in [2.05, 4.69) is 12.8 Å². The second-order valence-corrected chi connectivity index (χ2v) is 8.55. The van der Waals surface area contributed by atoms with E-state index in [1.807, 2.05) is 6.08 Å². The number of carbonyl (C=O) groups is 1. The molecule has 0 aromatic carbocycles. The van der Waals surface area contributed by atoms with Crippen molar-refractivity contribution in [1.82, 2.24) is 0 Å². The summed E-state index contributed by atoms with van der Waals surface area (Å²) < 4.78 is 0. The van der Waals surface area contributed by atoms with Gasteiger partial charge in [-0.2, -0.15) is 0 Å². The van der Waals surface area contributed by atoms with Crippen molar-refractivity contribution in [2.24, 2.45) is 29.1 Å². The number of hydrogen-bond donors (Lipinski definition) is 1. The van der Waals surface area contributed by atoms with Gasteiger partial charge < -0.3 is 5.11 Å². The summed E-state index contributed by atoms with van der Waals surface area (Å²) in [6.45, 7) is 2.35. The van der Waals surface area contributed by atoms with Crippen molar-refractivity contribution in [2.45, 2.75) is 63.9 Å². The first-order valence-corrected chi connectivity index (χ1v) is 8.88. The lowest BCUT2D eigenvalue weighted by Crippen LogP contribution is -2.44. The highest BCUT2D eigenvalue weighted by Crippen LogP contribution is 2.63. The SMILES string of the molecule is C#C[C@]1(O)C[C@H]2[C@H]3CCC4=CC(=O)CC[C@@H]4[C@H]3CC[C@]2(C)C1. The van der Waals surface area contributed by atoms with Gasteiger partial charge in [-0.25, -0.2) is 0 Å². The van der Waals surface area contributed by atoms with Crippen molar-refractivity contribution < 1.29 is 9.90 Å². The molecule has 0 aromatic rings. The summed E-state index contributed by atoms with van der Waals surface area (Å²) in [6.07, 6.45) is 15.6. The fourth-order valence-corrected chi connectivity index (χ4v) is 6.41. The minimum absolute atomic E-state index is 0.216. The van der Waals surface area contributed by atoms with Crippen molar-refractivity contribution >= 4 is 5.78 Å². The lowest BCUT2D eigenvalue weighted by atomic mass is 9.52. The van der Waals surface area contributed by atoms with Crippen LogP contribution in [0.25, 0.3) is 0 Å². The summed E-state index contributed by atoms with van der Waals surface area (Å²) in [5.74, 6) is 5.60. The van der Waals surface area contributed by atoms with Gasteiger partial charge >= 0.3 is 0 Å². The molecule has 0 bridgehead atoms. The first-order chi connectivity index (χ1) is 10.4. The highest BCUT2D eigenvalue weighted by molar-refractivity contribution is 5.91. The van der Waals surface area contributed by atoms with Gasteiger partial charge in [-0.15, -0.1) is 6.42 Å². The molecule has 22 heavy (non-hydrogen) atoms. The third-order valence-corrected chi connectivity index (χ3v) is 7.34. The molecule has 4 aliphatic rings. The Bertz CT molecular complexity index is 583. The Balaban J connectivity index is 1.64. The number of hydrogen-bond acceptors (Lipinski definition) is 2. The van der Waals surface area contributed by atoms with Gasteiger partial charge in [-0.1, -0.05) is 18.4 Å². The van der Waals surface area contributed by atoms with E-state index in [1.54, 1.807) is 0 Å². The van der Waals surface area contributed by atoms with Crippen LogP contribution in [0.2, 0.25) is 0 Å². The Morgan fingerprint density at radius 1 is 1.27 bits per heavy atom. The van der Waals surface area contributed by atoms with Gasteiger partial charge in [-0.05, 0) is 80.1 Å². The minimum atomic E-state index is -0.882. The van der Waals surface area contributed by atoms with E-state index in [4.69, 9.17) is 6.42 Å². The molecule has 0 heterocycles. The molecular weight excluding hydrogens is 272 g/mol. The standard InChI is InChI=1S/C20H26O2/c1-3-20(22)11-18-17-6-4-13-10-14(21)5-7-15(13)16(17)8-9-19(18,2)12-20/h1,10,15-18,22H,4-9,11-12H2,2H3/t15-,16+,17-,18-,19+,20-/m0/s1. The molecule has 3 fully saturated rings. The average Bonchev–Trinajstić information content (AvgIpc) is 2.78. The summed E-state index contributed by atoms with van der Waals surface area (Å²) in [7, 11) is 0. The fraction of sp³-hybridized carbons (Fsp3) is 0.750. The van der Waals surface area contributed by atoms with E-state index >= 15 is 0 Å². The van der Waals surface area contributed by atoms with Crippen LogP contribution in [0.15, 0.2) is 11.6 Å². The largest absolute Gasteiger partial charge is 0.378 e. The van der Waals surface area contributed by atoms with Crippen LogP contribution >= 0.6 is 0 Å². The lowest BCUT2D eigenvalue weighted by Gasteiger charge is -2.52. The van der Waals surface area contributed by atoms with Crippen molar-refractivity contribution in [3.05, 3.63) is 11.6 Å². The molecule has 0 spiro atoms. The van der Waals surface area contributed by atoms with Crippen LogP contribution in [-0.2, 0) is 4.79 Å². The number of ketones is 1. The van der Waals surface area contributed by atoms with Crippen molar-refractivity contribution in [3.8, 4) is 12.3 Å². The summed E-state index contributed by atoms with van der Waals surface area (Å²) in [6, 6.07) is 0. The molecule has 3 saturated carbocycles. The monoisotopic (exact) mass is 298 g/mol. The van der Waals surface area contributed by atoms with Gasteiger partial charge in [0.25, 0.3) is 0 Å². The van der Waals surface area contributed by atoms with E-state index in [-0.39, 0.29) is 5.41 Å². The van der Waals surface area contributed by atoms with E-state index in [0.29, 0.717) is 29.5 Å². The fourth-order valence-electron chi connectivity index (χ4n) is 6.41. The molecule has 0 aliphatic heterocycles. The normalized spacial score (nSPS) is 50.4. The van der Waals surface area contributed by atoms with Gasteiger partial charge in [0.2, 0.25) is 0 Å². The van der Waals surface area contributed by atoms with Crippen molar-refractivity contribution in [2.75, 3.05) is 0 Å². The second-order valence-electron chi connectivity index (χ2n) is 8.55. The average molecular weight is 298 g/mol. The topological polar surface area (TPSA) is 37.3 Å². The molecule has 4 aliphatic carbocycles. The number of allylic oxidation sites excluding steroid dienone is 1. The van der Waals surface area contributed by atoms with E-state index < -0.39 is 5.60 Å². The lowest BCUT2D eigenvalue weighted by molar-refractivity contribution is -0.116. The van der Waals surface area contributed by atoms with Crippen LogP contribution < -0.4 is 0 Å². The quantitative estimate of drug-likeness (QED) is 0.695. The molecule has 0 saturated heterocycles. The molecule has 2 heteroatoms. The second kappa shape index (κ2) is 4.71. The zero-order chi connectivity index (χ0) is 15.5. The highest BCUT2D eigenvalue weighted by Gasteiger charge is 2.58. The van der Waals surface area contributed by atoms with Crippen LogP contribution in [0, 0.1) is 41.4 Å². The van der Waals surface area contributed by atoms with Crippen molar-refractivity contribution in [1.29, 1.82) is 0 Å². The Morgan fingerprint density at radius 3 is 2.86 bits per heavy atom. The van der Waals surface area contributed by atoms with Crippen LogP contribution in [0.4, 0.5) is 0 Å². The molecule has 6 atom stereocenters. The first kappa shape index (κ1) is 14.5. The molecule has 2 nitrogen and oxygen atoms in total. The maximum atomic E-state index is 11.7. The van der Waals surface area contributed by atoms with Crippen LogP contribution in [0.3, 0.4) is 0 Å². The molecule has 118 valence electrons. The number of carbonyl (C=O) groups excluding carboxylic acids is 1. The molecule has 0 aromatic heterocycles. The Morgan fingerprint density at radius 2 is 2.09 bits per heavy atom. The van der Waals surface area contributed by atoms with Crippen molar-refractivity contribution in [3.63, 3.8) is 0 Å². The highest BCUT2D eigenvalue weighted by atomic mass is 16.3. The Labute approximate surface area is 133 Å². The zero-order valence-corrected chi connectivity index (χ0v) is 13.5. The van der Waals surface area contributed by atoms with Crippen LogP contribution in [0.5, 0.6) is 0 Å². The molecule has 4 rings (SSSR count). The Hall–Kier alpha value is -1.07. The number of fused-ring (bicyclic) bond motifs is 5. The van der Waals surface area contributed by atoms with Gasteiger partial charge in [-0.3, -0.25) is 4.79 Å². The predicted molar refractivity (Wildman–Crippen MR) is 85.9 cm³/mol. The molecular formula is C20H26O2. The molecule has 0 amide bonds. The summed E-state index contributed by atoms with van der Waals surface area (Å²) in [4.78, 5) is 11.7. The summed E-state index contributed by atoms with van der Waals surface area (Å²) in [5, 5.41) is 10.7. The maximum Gasteiger partial charge on any atom is 0.155 e. The molecule has 1 N–H and O–H groups in total. The minimum Gasteiger partial charge on any atom is -0.378 e. The predicted octanol–water partition coefficient (Wildman–Crippen LogP) is 3.49. The number of rotatable bonds is 0. The van der Waals surface area contributed by atoms with Gasteiger partial charge in [0, 0.05) is 6.42 Å². The van der Waals surface area contributed by atoms with E-state index in [0.717, 1.165) is 32.1 Å². The van der Waals surface area contributed by atoms with Gasteiger partial charge in [0.1, 0.15) is 5.60 Å². The Kier molecular flexibility index (Phi) is 3.11. The molecule has 0 radical (unpaired) electrons. The maximum absolute atomic E-state index is 11.7. The summed E-state index contributed by atoms with van der Waals surface area (Å²) in [5.41, 5.74) is 0.757. The number of aliphatic hydroxyl groups is 1. The summed E-state index contributed by atoms with van der Waals surface area (Å²) >= 11 is 0. The third-order valence-electron chi connectivity index (χ3n) is 7.34. The van der Waals surface area contributed by atoms with E-state index in [9.17, 15) is 9.90 Å². The van der Waals surface area contributed by atoms with Gasteiger partial charge in [0.15, 0.2) is 5.78 Å². The number of terminal acetylenes is 1. The van der Waals surface area contributed by atoms with E-state index in [1.165, 1.54) is 24.8 Å². The first-order valence-electron chi connectivity index (χ1n) is 8.88. The molecule has 0 unspecified atom stereocenters. The van der Waals surface area contributed by atoms with Crippen LogP contribution in [-0.4, -0.2) is 16.5 Å².